The summed E-state index contributed by atoms with van der Waals surface area (Å²) in [5.74, 6) is -4.48. The highest BCUT2D eigenvalue weighted by atomic mass is 16.7. The molecule has 1 N–H and O–H groups in total. The van der Waals surface area contributed by atoms with Crippen LogP contribution in [0.2, 0.25) is 0 Å². The number of likely N-dealkylation sites (N-methyl/N-ethyl adjacent to an activating group) is 1. The highest BCUT2D eigenvalue weighted by Gasteiger charge is 2.60. The summed E-state index contributed by atoms with van der Waals surface area (Å²) in [6.45, 7) is 14.9. The van der Waals surface area contributed by atoms with Gasteiger partial charge in [0.1, 0.15) is 23.9 Å². The van der Waals surface area contributed by atoms with Crippen LogP contribution in [0.5, 0.6) is 5.88 Å². The van der Waals surface area contributed by atoms with Crippen LogP contribution < -0.4 is 4.74 Å². The second kappa shape index (κ2) is 19.4. The van der Waals surface area contributed by atoms with Gasteiger partial charge in [-0.05, 0) is 80.0 Å². The molecular weight excluding hydrogens is 775 g/mol. The minimum atomic E-state index is -1.41. The molecule has 0 radical (unpaired) electrons. The van der Waals surface area contributed by atoms with Gasteiger partial charge in [-0.1, -0.05) is 27.7 Å². The van der Waals surface area contributed by atoms with Crippen molar-refractivity contribution in [3.8, 4) is 17.1 Å². The molecule has 3 fully saturated rings. The zero-order valence-corrected chi connectivity index (χ0v) is 37.5. The number of carbonyl (C=O) groups is 4. The van der Waals surface area contributed by atoms with E-state index in [-0.39, 0.29) is 37.3 Å². The fraction of sp³-hybridized carbons (Fsp3) is 0.727. The number of aryl methyl sites for hydroxylation is 1. The maximum Gasteiger partial charge on any atom is 0.410 e. The summed E-state index contributed by atoms with van der Waals surface area (Å²) >= 11 is 0. The predicted octanol–water partition coefficient (Wildman–Crippen LogP) is 4.94. The van der Waals surface area contributed by atoms with Crippen LogP contribution in [-0.2, 0) is 44.6 Å². The first kappa shape index (κ1) is 47.1. The lowest BCUT2D eigenvalue weighted by Crippen LogP contribution is -2.60. The van der Waals surface area contributed by atoms with Crippen LogP contribution >= 0.6 is 0 Å². The van der Waals surface area contributed by atoms with Gasteiger partial charge < -0.3 is 47.9 Å². The number of cyclic esters (lactones) is 1. The number of imidazole rings is 1. The number of aromatic nitrogens is 3. The molecule has 0 bridgehead atoms. The molecule has 0 spiro atoms. The second-order valence-corrected chi connectivity index (χ2v) is 17.7. The number of rotatable bonds is 12. The lowest BCUT2D eigenvalue weighted by molar-refractivity contribution is -0.295. The summed E-state index contributed by atoms with van der Waals surface area (Å²) in [5.41, 5.74) is -1.06. The molecule has 3 saturated heterocycles. The van der Waals surface area contributed by atoms with Crippen LogP contribution in [-0.4, -0.2) is 142 Å². The maximum absolute atomic E-state index is 14.7. The number of hydrogen-bond donors (Lipinski definition) is 1. The third-order valence-corrected chi connectivity index (χ3v) is 13.1. The van der Waals surface area contributed by atoms with Crippen molar-refractivity contribution in [2.24, 2.45) is 23.7 Å². The van der Waals surface area contributed by atoms with Crippen molar-refractivity contribution in [2.75, 3.05) is 34.9 Å². The zero-order chi connectivity index (χ0) is 44.3. The number of aliphatic hydroxyl groups excluding tert-OH is 1. The lowest BCUT2D eigenvalue weighted by Gasteiger charge is -2.47. The number of amides is 1. The Hall–Kier alpha value is -3.96. The third-order valence-electron chi connectivity index (χ3n) is 13.1. The summed E-state index contributed by atoms with van der Waals surface area (Å²) in [6, 6.07) is 2.59. The van der Waals surface area contributed by atoms with E-state index in [2.05, 4.69) is 9.97 Å². The minimum absolute atomic E-state index is 0.123. The van der Waals surface area contributed by atoms with Gasteiger partial charge >= 0.3 is 12.1 Å². The molecule has 16 heteroatoms. The van der Waals surface area contributed by atoms with Crippen molar-refractivity contribution in [3.63, 3.8) is 0 Å². The normalized spacial score (nSPS) is 35.8. The van der Waals surface area contributed by atoms with Crippen molar-refractivity contribution in [3.05, 3.63) is 30.9 Å². The summed E-state index contributed by atoms with van der Waals surface area (Å²) in [6.07, 6.45) is 2.55. The molecule has 3 aliphatic rings. The summed E-state index contributed by atoms with van der Waals surface area (Å²) in [5, 5.41) is 11.5. The van der Waals surface area contributed by atoms with Crippen LogP contribution in [0, 0.1) is 23.7 Å². The Balaban J connectivity index is 1.42. The minimum Gasteiger partial charge on any atom is -0.481 e. The van der Waals surface area contributed by atoms with Crippen LogP contribution in [0.1, 0.15) is 87.5 Å². The molecule has 60 heavy (non-hydrogen) atoms. The van der Waals surface area contributed by atoms with Crippen LogP contribution in [0.15, 0.2) is 30.9 Å². The first-order chi connectivity index (χ1) is 28.3. The smallest absolute Gasteiger partial charge is 0.410 e. The van der Waals surface area contributed by atoms with E-state index in [4.69, 9.17) is 28.4 Å². The Labute approximate surface area is 354 Å². The van der Waals surface area contributed by atoms with Gasteiger partial charge in [0.25, 0.3) is 0 Å². The molecular formula is C44H67N5O11. The highest BCUT2D eigenvalue weighted by molar-refractivity contribution is 6.00. The van der Waals surface area contributed by atoms with E-state index in [0.29, 0.717) is 31.7 Å². The zero-order valence-electron chi connectivity index (χ0n) is 37.5. The van der Waals surface area contributed by atoms with E-state index in [1.165, 1.54) is 14.0 Å². The van der Waals surface area contributed by atoms with Crippen molar-refractivity contribution in [1.29, 1.82) is 0 Å². The fourth-order valence-electron chi connectivity index (χ4n) is 9.57. The van der Waals surface area contributed by atoms with E-state index in [1.807, 2.05) is 56.6 Å². The van der Waals surface area contributed by atoms with Crippen molar-refractivity contribution in [1.82, 2.24) is 24.3 Å². The quantitative estimate of drug-likeness (QED) is 0.173. The van der Waals surface area contributed by atoms with Gasteiger partial charge in [0, 0.05) is 68.0 Å². The van der Waals surface area contributed by atoms with Gasteiger partial charge in [-0.2, -0.15) is 0 Å². The number of aliphatic hydroxyl groups is 1. The molecule has 13 atom stereocenters. The largest absolute Gasteiger partial charge is 0.481 e. The van der Waals surface area contributed by atoms with Crippen molar-refractivity contribution < 1.29 is 52.7 Å². The molecule has 5 rings (SSSR count). The Morgan fingerprint density at radius 1 is 0.967 bits per heavy atom. The molecule has 334 valence electrons. The van der Waals surface area contributed by atoms with Gasteiger partial charge in [0.15, 0.2) is 17.7 Å². The molecule has 0 aromatic carbocycles. The van der Waals surface area contributed by atoms with E-state index in [1.54, 1.807) is 58.3 Å². The number of pyridine rings is 1. The van der Waals surface area contributed by atoms with Crippen LogP contribution in [0.3, 0.4) is 0 Å². The fourth-order valence-corrected chi connectivity index (χ4v) is 9.57. The number of nitrogens with zero attached hydrogens (tertiary/aromatic N) is 5. The molecule has 0 aliphatic carbocycles. The molecule has 0 saturated carbocycles. The van der Waals surface area contributed by atoms with Crippen molar-refractivity contribution >= 4 is 23.6 Å². The first-order valence-electron chi connectivity index (χ1n) is 21.3. The van der Waals surface area contributed by atoms with Crippen LogP contribution in [0.25, 0.3) is 11.3 Å². The number of ether oxygens (including phenoxy) is 6. The topological polar surface area (TPSA) is 181 Å². The SMILES string of the molecule is CC[C@@H]1OC(=O)[C@H](C)C(=O)[C@H](C)C(OC2O[C@H](C)C[C@H](N(C)C)[C@H]2O)[C@@](C)(OC)C[C@@H](C)C(=O)[C@@H](C)[C@H]2N(CCCCn3cnc(-c4ccc(OC)nc4)c3)C(=O)O[C@]12C. The van der Waals surface area contributed by atoms with Gasteiger partial charge in [0.2, 0.25) is 5.88 Å². The first-order valence-corrected chi connectivity index (χ1v) is 21.3. The molecule has 2 aromatic rings. The Morgan fingerprint density at radius 3 is 2.28 bits per heavy atom. The molecule has 1 amide bonds. The lowest BCUT2D eigenvalue weighted by atomic mass is 9.73. The number of carbonyl (C=O) groups excluding carboxylic acids is 4. The molecule has 5 heterocycles. The molecule has 16 nitrogen and oxygen atoms in total. The van der Waals surface area contributed by atoms with E-state index in [0.717, 1.165) is 11.3 Å². The Morgan fingerprint density at radius 2 is 1.67 bits per heavy atom. The highest BCUT2D eigenvalue weighted by Crippen LogP contribution is 2.43. The van der Waals surface area contributed by atoms with Gasteiger partial charge in [0.05, 0.1) is 43.0 Å². The number of esters is 1. The average Bonchev–Trinajstić information content (AvgIpc) is 3.80. The monoisotopic (exact) mass is 841 g/mol. The molecule has 3 aliphatic heterocycles. The summed E-state index contributed by atoms with van der Waals surface area (Å²) in [7, 11) is 6.80. The van der Waals surface area contributed by atoms with E-state index in [9.17, 15) is 24.3 Å². The van der Waals surface area contributed by atoms with Gasteiger partial charge in [-0.25, -0.2) is 14.8 Å². The number of unbranched alkanes of at least 4 members (excludes halogenated alkanes) is 1. The average molecular weight is 842 g/mol. The standard InChI is InChI=1S/C44H67N5O11/c1-13-33-44(8)38(49(42(54)60-44)19-15-14-18-48-23-31(46-24-48)30-16-17-34(55-11)45-22-30)27(4)35(50)25(2)21-43(7,56-12)39(28(5)36(51)29(6)40(53)58-33)59-41-37(52)32(47(9)10)20-26(3)57-41/h16-17,22-29,32-33,37-39,41,52H,13-15,18-21H2,1-12H3/t25-,26-,27-,28+,29-,32+,33+,37-,38-,39?,41?,43+,44-/m1/s1. The number of hydrogen-bond acceptors (Lipinski definition) is 14. The number of Topliss-reactive ketones (excluding diaryl/α,β-unsaturated/α-hetero) is 2. The predicted molar refractivity (Wildman–Crippen MR) is 221 cm³/mol. The Bertz CT molecular complexity index is 1810. The summed E-state index contributed by atoms with van der Waals surface area (Å²) in [4.78, 5) is 69.2. The van der Waals surface area contributed by atoms with E-state index < -0.39 is 83.4 Å². The number of fused-ring (bicyclic) bond motifs is 1. The van der Waals surface area contributed by atoms with Gasteiger partial charge in [-0.15, -0.1) is 0 Å². The number of methoxy groups -OCH3 is 2. The Kier molecular flexibility index (Phi) is 15.2. The van der Waals surface area contributed by atoms with E-state index >= 15 is 0 Å². The van der Waals surface area contributed by atoms with Crippen molar-refractivity contribution in [2.45, 2.75) is 148 Å². The van der Waals surface area contributed by atoms with Crippen LogP contribution in [0.4, 0.5) is 4.79 Å². The van der Waals surface area contributed by atoms with Gasteiger partial charge in [-0.3, -0.25) is 14.4 Å². The maximum atomic E-state index is 14.7. The molecule has 2 aromatic heterocycles. The second-order valence-electron chi connectivity index (χ2n) is 17.7. The number of ketones is 2. The summed E-state index contributed by atoms with van der Waals surface area (Å²) < 4.78 is 38.4. The molecule has 2 unspecified atom stereocenters. The third kappa shape index (κ3) is 9.72.